The van der Waals surface area contributed by atoms with Crippen molar-refractivity contribution in [2.24, 2.45) is 0 Å². The van der Waals surface area contributed by atoms with Crippen molar-refractivity contribution < 1.29 is 5.11 Å². The van der Waals surface area contributed by atoms with Crippen LogP contribution in [0.5, 0.6) is 0 Å². The van der Waals surface area contributed by atoms with Gasteiger partial charge in [-0.2, -0.15) is 0 Å². The van der Waals surface area contributed by atoms with E-state index in [-0.39, 0.29) is 6.61 Å². The molecule has 0 amide bonds. The molecule has 2 aromatic carbocycles. The van der Waals surface area contributed by atoms with E-state index in [0.717, 1.165) is 17.8 Å². The van der Waals surface area contributed by atoms with Gasteiger partial charge in [-0.25, -0.2) is 0 Å². The Labute approximate surface area is 115 Å². The third-order valence-electron chi connectivity index (χ3n) is 2.56. The second kappa shape index (κ2) is 6.02. The fourth-order valence-corrected chi connectivity index (χ4v) is 2.36. The van der Waals surface area contributed by atoms with Gasteiger partial charge in [0.1, 0.15) is 0 Å². The number of benzene rings is 2. The molecule has 3 heteroatoms. The molecule has 0 heterocycles. The normalized spacial score (nSPS) is 10.2. The molecule has 17 heavy (non-hydrogen) atoms. The average molecular weight is 339 g/mol. The van der Waals surface area contributed by atoms with Crippen molar-refractivity contribution in [2.45, 2.75) is 13.2 Å². The van der Waals surface area contributed by atoms with Crippen LogP contribution >= 0.6 is 22.6 Å². The lowest BCUT2D eigenvalue weighted by atomic mass is 10.1. The van der Waals surface area contributed by atoms with Crippen molar-refractivity contribution in [3.05, 3.63) is 63.2 Å². The molecule has 2 N–H and O–H groups in total. The maximum atomic E-state index is 9.04. The standard InChI is InChI=1S/C14H14INO/c15-14-8-11(10-17)6-7-12(14)9-16-13-4-2-1-3-5-13/h1-8,16-17H,9-10H2. The highest BCUT2D eigenvalue weighted by molar-refractivity contribution is 14.1. The summed E-state index contributed by atoms with van der Waals surface area (Å²) in [4.78, 5) is 0. The van der Waals surface area contributed by atoms with Gasteiger partial charge in [-0.3, -0.25) is 0 Å². The molecule has 0 aliphatic rings. The Morgan fingerprint density at radius 2 is 1.82 bits per heavy atom. The van der Waals surface area contributed by atoms with Crippen molar-refractivity contribution in [2.75, 3.05) is 5.32 Å². The Kier molecular flexibility index (Phi) is 4.39. The van der Waals surface area contributed by atoms with E-state index in [1.165, 1.54) is 9.13 Å². The summed E-state index contributed by atoms with van der Waals surface area (Å²) in [6.45, 7) is 0.899. The summed E-state index contributed by atoms with van der Waals surface area (Å²) in [5, 5.41) is 12.4. The first-order chi connectivity index (χ1) is 8.29. The van der Waals surface area contributed by atoms with E-state index in [1.54, 1.807) is 0 Å². The highest BCUT2D eigenvalue weighted by Gasteiger charge is 2.01. The van der Waals surface area contributed by atoms with E-state index >= 15 is 0 Å². The van der Waals surface area contributed by atoms with Crippen LogP contribution in [0.4, 0.5) is 5.69 Å². The molecule has 2 nitrogen and oxygen atoms in total. The number of hydrogen-bond acceptors (Lipinski definition) is 2. The Morgan fingerprint density at radius 3 is 2.47 bits per heavy atom. The maximum Gasteiger partial charge on any atom is 0.0682 e. The molecule has 0 radical (unpaired) electrons. The molecule has 2 rings (SSSR count). The Morgan fingerprint density at radius 1 is 1.06 bits per heavy atom. The quantitative estimate of drug-likeness (QED) is 0.837. The lowest BCUT2D eigenvalue weighted by Gasteiger charge is -2.09. The van der Waals surface area contributed by atoms with Crippen LogP contribution in [-0.2, 0) is 13.2 Å². The number of hydrogen-bond donors (Lipinski definition) is 2. The minimum absolute atomic E-state index is 0.0996. The third-order valence-corrected chi connectivity index (χ3v) is 3.56. The average Bonchev–Trinajstić information content (AvgIpc) is 2.38. The summed E-state index contributed by atoms with van der Waals surface area (Å²) in [7, 11) is 0. The van der Waals surface area contributed by atoms with Gasteiger partial charge in [-0.1, -0.05) is 30.3 Å². The summed E-state index contributed by atoms with van der Waals surface area (Å²) in [6.07, 6.45) is 0. The molecule has 88 valence electrons. The van der Waals surface area contributed by atoms with E-state index in [4.69, 9.17) is 5.11 Å². The molecule has 0 bridgehead atoms. The van der Waals surface area contributed by atoms with Crippen LogP contribution in [-0.4, -0.2) is 5.11 Å². The van der Waals surface area contributed by atoms with E-state index < -0.39 is 0 Å². The molecule has 0 unspecified atom stereocenters. The van der Waals surface area contributed by atoms with E-state index in [1.807, 2.05) is 30.3 Å². The van der Waals surface area contributed by atoms with Gasteiger partial charge in [-0.05, 0) is 51.9 Å². The Bertz CT molecular complexity index is 485. The minimum atomic E-state index is 0.0996. The zero-order chi connectivity index (χ0) is 12.1. The topological polar surface area (TPSA) is 32.3 Å². The zero-order valence-corrected chi connectivity index (χ0v) is 11.5. The number of nitrogens with one attached hydrogen (secondary N) is 1. The molecule has 2 aromatic rings. The van der Waals surface area contributed by atoms with E-state index in [0.29, 0.717) is 0 Å². The molecule has 0 atom stereocenters. The van der Waals surface area contributed by atoms with Crippen molar-refractivity contribution in [1.82, 2.24) is 0 Å². The Hall–Kier alpha value is -1.07. The van der Waals surface area contributed by atoms with Gasteiger partial charge in [0.2, 0.25) is 0 Å². The number of aliphatic hydroxyl groups excluding tert-OH is 1. The predicted octanol–water partition coefficient (Wildman–Crippen LogP) is 3.40. The maximum absolute atomic E-state index is 9.04. The minimum Gasteiger partial charge on any atom is -0.392 e. The number of rotatable bonds is 4. The smallest absolute Gasteiger partial charge is 0.0682 e. The summed E-state index contributed by atoms with van der Waals surface area (Å²) in [6, 6.07) is 16.2. The molecular formula is C14H14INO. The summed E-state index contributed by atoms with van der Waals surface area (Å²) < 4.78 is 1.18. The fraction of sp³-hybridized carbons (Fsp3) is 0.143. The van der Waals surface area contributed by atoms with Crippen LogP contribution < -0.4 is 5.32 Å². The second-order valence-corrected chi connectivity index (χ2v) is 4.97. The van der Waals surface area contributed by atoms with Crippen LogP contribution in [0.1, 0.15) is 11.1 Å². The SMILES string of the molecule is OCc1ccc(CNc2ccccc2)c(I)c1. The van der Waals surface area contributed by atoms with Crippen LogP contribution in [0.25, 0.3) is 0 Å². The van der Waals surface area contributed by atoms with Crippen molar-refractivity contribution in [1.29, 1.82) is 0 Å². The molecule has 0 aromatic heterocycles. The van der Waals surface area contributed by atoms with Gasteiger partial charge < -0.3 is 10.4 Å². The van der Waals surface area contributed by atoms with Crippen molar-refractivity contribution in [3.8, 4) is 0 Å². The van der Waals surface area contributed by atoms with Gasteiger partial charge in [0.25, 0.3) is 0 Å². The number of anilines is 1. The van der Waals surface area contributed by atoms with Gasteiger partial charge in [0.05, 0.1) is 6.61 Å². The highest BCUT2D eigenvalue weighted by Crippen LogP contribution is 2.16. The first-order valence-electron chi connectivity index (χ1n) is 5.46. The number of para-hydroxylation sites is 1. The van der Waals surface area contributed by atoms with Crippen molar-refractivity contribution >= 4 is 28.3 Å². The molecule has 0 saturated heterocycles. The van der Waals surface area contributed by atoms with E-state index in [9.17, 15) is 0 Å². The van der Waals surface area contributed by atoms with Gasteiger partial charge >= 0.3 is 0 Å². The largest absolute Gasteiger partial charge is 0.392 e. The molecule has 0 fully saturated rings. The molecule has 0 aliphatic carbocycles. The second-order valence-electron chi connectivity index (χ2n) is 3.80. The zero-order valence-electron chi connectivity index (χ0n) is 9.36. The van der Waals surface area contributed by atoms with Gasteiger partial charge in [0.15, 0.2) is 0 Å². The summed E-state index contributed by atoms with van der Waals surface area (Å²) in [5.74, 6) is 0. The summed E-state index contributed by atoms with van der Waals surface area (Å²) in [5.41, 5.74) is 3.32. The monoisotopic (exact) mass is 339 g/mol. The van der Waals surface area contributed by atoms with Gasteiger partial charge in [-0.15, -0.1) is 0 Å². The molecular weight excluding hydrogens is 325 g/mol. The van der Waals surface area contributed by atoms with Crippen LogP contribution in [0, 0.1) is 3.57 Å². The molecule has 0 saturated carbocycles. The van der Waals surface area contributed by atoms with Crippen LogP contribution in [0.15, 0.2) is 48.5 Å². The first-order valence-corrected chi connectivity index (χ1v) is 6.54. The van der Waals surface area contributed by atoms with E-state index in [2.05, 4.69) is 46.1 Å². The lowest BCUT2D eigenvalue weighted by Crippen LogP contribution is -2.01. The molecule has 0 spiro atoms. The lowest BCUT2D eigenvalue weighted by molar-refractivity contribution is 0.281. The first kappa shape index (κ1) is 12.4. The third kappa shape index (κ3) is 3.44. The summed E-state index contributed by atoms with van der Waals surface area (Å²) >= 11 is 2.30. The molecule has 0 aliphatic heterocycles. The fourth-order valence-electron chi connectivity index (χ4n) is 1.59. The highest BCUT2D eigenvalue weighted by atomic mass is 127. The van der Waals surface area contributed by atoms with Crippen molar-refractivity contribution in [3.63, 3.8) is 0 Å². The van der Waals surface area contributed by atoms with Crippen LogP contribution in [0.2, 0.25) is 0 Å². The Balaban J connectivity index is 2.04. The number of aliphatic hydroxyl groups is 1. The van der Waals surface area contributed by atoms with Crippen LogP contribution in [0.3, 0.4) is 0 Å². The van der Waals surface area contributed by atoms with Gasteiger partial charge in [0, 0.05) is 15.8 Å². The predicted molar refractivity (Wildman–Crippen MR) is 78.9 cm³/mol. The number of halogens is 1.